The fourth-order valence-electron chi connectivity index (χ4n) is 2.32. The van der Waals surface area contributed by atoms with Crippen molar-refractivity contribution in [2.75, 3.05) is 18.4 Å². The summed E-state index contributed by atoms with van der Waals surface area (Å²) < 4.78 is 0. The van der Waals surface area contributed by atoms with Crippen LogP contribution < -0.4 is 5.32 Å². The highest BCUT2D eigenvalue weighted by atomic mass is 32.1. The number of rotatable bonds is 3. The molecule has 0 saturated carbocycles. The van der Waals surface area contributed by atoms with Gasteiger partial charge in [0.2, 0.25) is 0 Å². The standard InChI is InChI=1S/C15H15N3O2S/c19-14(13-9-21-10-16-13)17-12-5-3-11(4-6-12)15(20)18-7-1-2-8-18/h3-6,9-10H,1-2,7-8H2,(H,17,19). The second-order valence-electron chi connectivity index (χ2n) is 4.90. The largest absolute Gasteiger partial charge is 0.339 e. The molecule has 0 aliphatic carbocycles. The highest BCUT2D eigenvalue weighted by Crippen LogP contribution is 2.16. The van der Waals surface area contributed by atoms with E-state index in [-0.39, 0.29) is 11.8 Å². The zero-order chi connectivity index (χ0) is 14.7. The molecular formula is C15H15N3O2S. The number of anilines is 1. The molecule has 2 heterocycles. The highest BCUT2D eigenvalue weighted by Gasteiger charge is 2.19. The van der Waals surface area contributed by atoms with E-state index in [4.69, 9.17) is 0 Å². The van der Waals surface area contributed by atoms with E-state index in [1.54, 1.807) is 35.2 Å². The molecule has 1 fully saturated rings. The molecule has 0 unspecified atom stereocenters. The van der Waals surface area contributed by atoms with Gasteiger partial charge in [0.1, 0.15) is 5.69 Å². The Morgan fingerprint density at radius 2 is 1.86 bits per heavy atom. The molecule has 6 heteroatoms. The Bertz CT molecular complexity index is 631. The number of thiazole rings is 1. The van der Waals surface area contributed by atoms with Gasteiger partial charge >= 0.3 is 0 Å². The van der Waals surface area contributed by atoms with E-state index in [2.05, 4.69) is 10.3 Å². The van der Waals surface area contributed by atoms with Crippen molar-refractivity contribution < 1.29 is 9.59 Å². The lowest BCUT2D eigenvalue weighted by molar-refractivity contribution is 0.0792. The first-order valence-electron chi connectivity index (χ1n) is 6.83. The SMILES string of the molecule is O=C(Nc1ccc(C(=O)N2CCCC2)cc1)c1cscn1. The minimum atomic E-state index is -0.241. The van der Waals surface area contributed by atoms with E-state index < -0.39 is 0 Å². The van der Waals surface area contributed by atoms with E-state index in [1.807, 2.05) is 4.90 Å². The van der Waals surface area contributed by atoms with Gasteiger partial charge in [0.05, 0.1) is 5.51 Å². The summed E-state index contributed by atoms with van der Waals surface area (Å²) in [4.78, 5) is 29.9. The van der Waals surface area contributed by atoms with E-state index in [1.165, 1.54) is 11.3 Å². The van der Waals surface area contributed by atoms with Gasteiger partial charge in [0, 0.05) is 29.7 Å². The van der Waals surface area contributed by atoms with Crippen LogP contribution in [0.1, 0.15) is 33.7 Å². The number of carbonyl (C=O) groups excluding carboxylic acids is 2. The number of amides is 2. The molecule has 5 nitrogen and oxygen atoms in total. The molecule has 1 N–H and O–H groups in total. The van der Waals surface area contributed by atoms with Gasteiger partial charge in [0.25, 0.3) is 11.8 Å². The van der Waals surface area contributed by atoms with Gasteiger partial charge in [-0.05, 0) is 37.1 Å². The molecule has 3 rings (SSSR count). The summed E-state index contributed by atoms with van der Waals surface area (Å²) in [5.74, 6) is -0.181. The van der Waals surface area contributed by atoms with Gasteiger partial charge < -0.3 is 10.2 Å². The number of hydrogen-bond donors (Lipinski definition) is 1. The zero-order valence-corrected chi connectivity index (χ0v) is 12.2. The predicted octanol–water partition coefficient (Wildman–Crippen LogP) is 2.63. The topological polar surface area (TPSA) is 62.3 Å². The Morgan fingerprint density at radius 3 is 2.48 bits per heavy atom. The predicted molar refractivity (Wildman–Crippen MR) is 81.6 cm³/mol. The molecule has 0 spiro atoms. The molecule has 1 aromatic carbocycles. The van der Waals surface area contributed by atoms with Crippen LogP contribution in [0.25, 0.3) is 0 Å². The normalized spacial score (nSPS) is 14.2. The maximum atomic E-state index is 12.2. The van der Waals surface area contributed by atoms with Gasteiger partial charge in [0.15, 0.2) is 0 Å². The summed E-state index contributed by atoms with van der Waals surface area (Å²) in [6, 6.07) is 6.98. The summed E-state index contributed by atoms with van der Waals surface area (Å²) in [7, 11) is 0. The van der Waals surface area contributed by atoms with Gasteiger partial charge in [-0.1, -0.05) is 0 Å². The van der Waals surface area contributed by atoms with Crippen LogP contribution in [0.3, 0.4) is 0 Å². The second kappa shape index (κ2) is 6.05. The van der Waals surface area contributed by atoms with Gasteiger partial charge in [-0.15, -0.1) is 11.3 Å². The quantitative estimate of drug-likeness (QED) is 0.948. The van der Waals surface area contributed by atoms with Crippen LogP contribution >= 0.6 is 11.3 Å². The fourth-order valence-corrected chi connectivity index (χ4v) is 2.85. The molecule has 1 aliphatic heterocycles. The van der Waals surface area contributed by atoms with Gasteiger partial charge in [-0.3, -0.25) is 9.59 Å². The first kappa shape index (κ1) is 13.8. The van der Waals surface area contributed by atoms with Crippen LogP contribution in [0.4, 0.5) is 5.69 Å². The molecule has 1 aromatic heterocycles. The molecule has 0 radical (unpaired) electrons. The van der Waals surface area contributed by atoms with Crippen molar-refractivity contribution in [3.63, 3.8) is 0 Å². The van der Waals surface area contributed by atoms with E-state index >= 15 is 0 Å². The maximum absolute atomic E-state index is 12.2. The number of likely N-dealkylation sites (tertiary alicyclic amines) is 1. The molecule has 0 atom stereocenters. The smallest absolute Gasteiger partial charge is 0.275 e. The lowest BCUT2D eigenvalue weighted by Crippen LogP contribution is -2.27. The van der Waals surface area contributed by atoms with Crippen LogP contribution in [0.15, 0.2) is 35.2 Å². The van der Waals surface area contributed by atoms with Crippen molar-refractivity contribution in [3.8, 4) is 0 Å². The first-order valence-corrected chi connectivity index (χ1v) is 7.77. The number of hydrogen-bond acceptors (Lipinski definition) is 4. The maximum Gasteiger partial charge on any atom is 0.275 e. The number of nitrogens with zero attached hydrogens (tertiary/aromatic N) is 2. The molecule has 1 aliphatic rings. The van der Waals surface area contributed by atoms with Crippen LogP contribution in [0.2, 0.25) is 0 Å². The molecule has 2 amide bonds. The summed E-state index contributed by atoms with van der Waals surface area (Å²) in [5, 5.41) is 4.46. The average Bonchev–Trinajstić information content (AvgIpc) is 3.20. The van der Waals surface area contributed by atoms with Crippen LogP contribution in [0, 0.1) is 0 Å². The van der Waals surface area contributed by atoms with Crippen LogP contribution in [-0.4, -0.2) is 34.8 Å². The highest BCUT2D eigenvalue weighted by molar-refractivity contribution is 7.07. The summed E-state index contributed by atoms with van der Waals surface area (Å²) in [6.07, 6.45) is 2.15. The third-order valence-corrected chi connectivity index (χ3v) is 4.03. The van der Waals surface area contributed by atoms with Crippen LogP contribution in [-0.2, 0) is 0 Å². The molecule has 2 aromatic rings. The molecule has 21 heavy (non-hydrogen) atoms. The number of nitrogens with one attached hydrogen (secondary N) is 1. The summed E-state index contributed by atoms with van der Waals surface area (Å²) in [5.41, 5.74) is 3.33. The fraction of sp³-hybridized carbons (Fsp3) is 0.267. The van der Waals surface area contributed by atoms with Crippen molar-refractivity contribution in [3.05, 3.63) is 46.4 Å². The van der Waals surface area contributed by atoms with E-state index in [9.17, 15) is 9.59 Å². The van der Waals surface area contributed by atoms with Crippen molar-refractivity contribution in [2.45, 2.75) is 12.8 Å². The van der Waals surface area contributed by atoms with Gasteiger partial charge in [-0.25, -0.2) is 4.98 Å². The van der Waals surface area contributed by atoms with Crippen molar-refractivity contribution in [1.82, 2.24) is 9.88 Å². The van der Waals surface area contributed by atoms with Crippen LogP contribution in [0.5, 0.6) is 0 Å². The zero-order valence-electron chi connectivity index (χ0n) is 11.4. The molecular weight excluding hydrogens is 286 g/mol. The lowest BCUT2D eigenvalue weighted by atomic mass is 10.2. The third kappa shape index (κ3) is 3.11. The number of carbonyl (C=O) groups is 2. The Labute approximate surface area is 126 Å². The summed E-state index contributed by atoms with van der Waals surface area (Å²) >= 11 is 1.38. The Hall–Kier alpha value is -2.21. The monoisotopic (exact) mass is 301 g/mol. The van der Waals surface area contributed by atoms with E-state index in [0.29, 0.717) is 16.9 Å². The molecule has 1 saturated heterocycles. The number of aromatic nitrogens is 1. The molecule has 108 valence electrons. The van der Waals surface area contributed by atoms with E-state index in [0.717, 1.165) is 25.9 Å². The number of benzene rings is 1. The van der Waals surface area contributed by atoms with Gasteiger partial charge in [-0.2, -0.15) is 0 Å². The Balaban J connectivity index is 1.66. The second-order valence-corrected chi connectivity index (χ2v) is 5.62. The minimum Gasteiger partial charge on any atom is -0.339 e. The Morgan fingerprint density at radius 1 is 1.14 bits per heavy atom. The first-order chi connectivity index (χ1) is 10.2. The van der Waals surface area contributed by atoms with Crippen molar-refractivity contribution in [1.29, 1.82) is 0 Å². The minimum absolute atomic E-state index is 0.0601. The molecule has 0 bridgehead atoms. The third-order valence-electron chi connectivity index (χ3n) is 3.45. The summed E-state index contributed by atoms with van der Waals surface area (Å²) in [6.45, 7) is 1.67. The van der Waals surface area contributed by atoms with Crippen molar-refractivity contribution >= 4 is 28.8 Å². The lowest BCUT2D eigenvalue weighted by Gasteiger charge is -2.15. The average molecular weight is 301 g/mol. The van der Waals surface area contributed by atoms with Crippen molar-refractivity contribution in [2.24, 2.45) is 0 Å². The Kier molecular flexibility index (Phi) is 3.96.